The number of allylic oxidation sites excluding steroid dienone is 1. The van der Waals surface area contributed by atoms with Crippen molar-refractivity contribution in [2.75, 3.05) is 13.2 Å². The number of esters is 1. The Labute approximate surface area is 84.2 Å². The van der Waals surface area contributed by atoms with E-state index in [1.807, 2.05) is 0 Å². The molecule has 0 saturated carbocycles. The van der Waals surface area contributed by atoms with Gasteiger partial charge in [0.1, 0.15) is 12.7 Å². The molecule has 0 aromatic carbocycles. The average Bonchev–Trinajstić information content (AvgIpc) is 2.11. The lowest BCUT2D eigenvalue weighted by atomic mass is 10.3. The minimum atomic E-state index is -0.765. The highest BCUT2D eigenvalue weighted by Crippen LogP contribution is 1.96. The van der Waals surface area contributed by atoms with E-state index in [1.165, 1.54) is 0 Å². The molecule has 0 saturated heterocycles. The summed E-state index contributed by atoms with van der Waals surface area (Å²) in [6.45, 7) is 3.45. The second-order valence-electron chi connectivity index (χ2n) is 2.46. The molecule has 0 aliphatic carbocycles. The van der Waals surface area contributed by atoms with Crippen molar-refractivity contribution >= 4 is 18.4 Å². The first kappa shape index (κ1) is 14.9. The number of rotatable bonds is 4. The molecule has 0 amide bonds. The number of hydrogen-bond acceptors (Lipinski definition) is 4. The molecule has 0 fully saturated rings. The topological polar surface area (TPSA) is 72.5 Å². The van der Waals surface area contributed by atoms with E-state index in [-0.39, 0.29) is 25.6 Å². The molecule has 0 heterocycles. The summed E-state index contributed by atoms with van der Waals surface area (Å²) in [4.78, 5) is 11.0. The zero-order valence-electron chi connectivity index (χ0n) is 7.82. The van der Waals surface area contributed by atoms with E-state index >= 15 is 0 Å². The molecule has 78 valence electrons. The van der Waals surface area contributed by atoms with Crippen LogP contribution in [0.2, 0.25) is 0 Å². The molecule has 0 bridgehead atoms. The maximum absolute atomic E-state index is 11.0. The van der Waals surface area contributed by atoms with Crippen LogP contribution in [-0.2, 0) is 9.53 Å². The monoisotopic (exact) mass is 209 g/mol. The highest BCUT2D eigenvalue weighted by atomic mass is 35.5. The van der Waals surface area contributed by atoms with Crippen LogP contribution in [0.4, 0.5) is 0 Å². The van der Waals surface area contributed by atoms with E-state index in [0.717, 1.165) is 0 Å². The van der Waals surface area contributed by atoms with Gasteiger partial charge in [-0.25, -0.2) is 4.79 Å². The van der Waals surface area contributed by atoms with Crippen molar-refractivity contribution < 1.29 is 14.6 Å². The molecule has 0 aliphatic heterocycles. The quantitative estimate of drug-likeness (QED) is 0.514. The summed E-state index contributed by atoms with van der Waals surface area (Å²) in [5, 5.41) is 8.94. The summed E-state index contributed by atoms with van der Waals surface area (Å²) in [6, 6.07) is 0. The lowest BCUT2D eigenvalue weighted by Gasteiger charge is -2.08. The molecule has 4 nitrogen and oxygen atoms in total. The number of ether oxygens (including phenoxy) is 1. The minimum absolute atomic E-state index is 0. The predicted octanol–water partition coefficient (Wildman–Crippen LogP) is 0.237. The van der Waals surface area contributed by atoms with Crippen LogP contribution in [0, 0.1) is 0 Å². The Morgan fingerprint density at radius 3 is 2.62 bits per heavy atom. The standard InChI is InChI=1S/C8H15NO3.ClH/c1-3-6(2)8(11)12-5-7(10)4-9;/h3,7,10H,4-5,9H2,1-2H3;1H. The fourth-order valence-electron chi connectivity index (χ4n) is 0.472. The van der Waals surface area contributed by atoms with Crippen molar-refractivity contribution in [3.63, 3.8) is 0 Å². The van der Waals surface area contributed by atoms with Crippen LogP contribution < -0.4 is 5.73 Å². The van der Waals surface area contributed by atoms with Gasteiger partial charge >= 0.3 is 5.97 Å². The highest BCUT2D eigenvalue weighted by molar-refractivity contribution is 5.87. The normalized spacial score (nSPS) is 13.1. The van der Waals surface area contributed by atoms with Crippen LogP contribution in [0.3, 0.4) is 0 Å². The van der Waals surface area contributed by atoms with Crippen molar-refractivity contribution in [1.29, 1.82) is 0 Å². The van der Waals surface area contributed by atoms with E-state index in [2.05, 4.69) is 0 Å². The van der Waals surface area contributed by atoms with Crippen LogP contribution in [0.1, 0.15) is 13.8 Å². The molecule has 0 spiro atoms. The smallest absolute Gasteiger partial charge is 0.333 e. The maximum Gasteiger partial charge on any atom is 0.333 e. The number of carbonyl (C=O) groups excluding carboxylic acids is 1. The van der Waals surface area contributed by atoms with Gasteiger partial charge < -0.3 is 15.6 Å². The van der Waals surface area contributed by atoms with Gasteiger partial charge in [-0.1, -0.05) is 6.08 Å². The Morgan fingerprint density at radius 2 is 2.23 bits per heavy atom. The van der Waals surface area contributed by atoms with E-state index in [4.69, 9.17) is 15.6 Å². The van der Waals surface area contributed by atoms with Gasteiger partial charge in [-0.3, -0.25) is 0 Å². The molecule has 13 heavy (non-hydrogen) atoms. The molecule has 5 heteroatoms. The van der Waals surface area contributed by atoms with Gasteiger partial charge in [0.25, 0.3) is 0 Å². The molecule has 3 N–H and O–H groups in total. The van der Waals surface area contributed by atoms with Gasteiger partial charge in [0.15, 0.2) is 0 Å². The first-order chi connectivity index (χ1) is 5.61. The fraction of sp³-hybridized carbons (Fsp3) is 0.625. The zero-order chi connectivity index (χ0) is 9.56. The zero-order valence-corrected chi connectivity index (χ0v) is 8.63. The van der Waals surface area contributed by atoms with Crippen LogP contribution in [0.15, 0.2) is 11.6 Å². The van der Waals surface area contributed by atoms with Gasteiger partial charge in [0, 0.05) is 12.1 Å². The largest absolute Gasteiger partial charge is 0.460 e. The highest BCUT2D eigenvalue weighted by Gasteiger charge is 2.07. The molecule has 0 aromatic heterocycles. The Hall–Kier alpha value is -0.580. The van der Waals surface area contributed by atoms with Gasteiger partial charge in [0.2, 0.25) is 0 Å². The third kappa shape index (κ3) is 6.57. The summed E-state index contributed by atoms with van der Waals surface area (Å²) in [7, 11) is 0. The Kier molecular flexibility index (Phi) is 9.22. The Balaban J connectivity index is 0. The second kappa shape index (κ2) is 8.04. The summed E-state index contributed by atoms with van der Waals surface area (Å²) in [5.41, 5.74) is 5.64. The molecule has 0 aliphatic rings. The number of carbonyl (C=O) groups is 1. The summed E-state index contributed by atoms with van der Waals surface area (Å²) >= 11 is 0. The lowest BCUT2D eigenvalue weighted by Crippen LogP contribution is -2.26. The summed E-state index contributed by atoms with van der Waals surface area (Å²) < 4.78 is 4.71. The molecular weight excluding hydrogens is 194 g/mol. The third-order valence-electron chi connectivity index (χ3n) is 1.43. The number of nitrogens with two attached hydrogens (primary N) is 1. The van der Waals surface area contributed by atoms with E-state index in [0.29, 0.717) is 5.57 Å². The van der Waals surface area contributed by atoms with Crippen molar-refractivity contribution in [1.82, 2.24) is 0 Å². The van der Waals surface area contributed by atoms with Crippen LogP contribution >= 0.6 is 12.4 Å². The van der Waals surface area contributed by atoms with Gasteiger partial charge in [-0.05, 0) is 13.8 Å². The first-order valence-corrected chi connectivity index (χ1v) is 3.80. The van der Waals surface area contributed by atoms with E-state index in [1.54, 1.807) is 19.9 Å². The van der Waals surface area contributed by atoms with Gasteiger partial charge in [-0.2, -0.15) is 0 Å². The summed E-state index contributed by atoms with van der Waals surface area (Å²) in [5.74, 6) is -0.412. The first-order valence-electron chi connectivity index (χ1n) is 3.80. The molecule has 1 atom stereocenters. The van der Waals surface area contributed by atoms with Crippen LogP contribution in [-0.4, -0.2) is 30.3 Å². The maximum atomic E-state index is 11.0. The minimum Gasteiger partial charge on any atom is -0.460 e. The molecule has 0 rings (SSSR count). The Bertz CT molecular complexity index is 182. The number of aliphatic hydroxyl groups excluding tert-OH is 1. The van der Waals surface area contributed by atoms with Gasteiger partial charge in [-0.15, -0.1) is 12.4 Å². The van der Waals surface area contributed by atoms with Crippen molar-refractivity contribution in [2.24, 2.45) is 5.73 Å². The van der Waals surface area contributed by atoms with Crippen molar-refractivity contribution in [2.45, 2.75) is 20.0 Å². The van der Waals surface area contributed by atoms with E-state index in [9.17, 15) is 4.79 Å². The van der Waals surface area contributed by atoms with Crippen molar-refractivity contribution in [3.8, 4) is 0 Å². The van der Waals surface area contributed by atoms with Crippen LogP contribution in [0.5, 0.6) is 0 Å². The number of hydrogen-bond donors (Lipinski definition) is 2. The predicted molar refractivity (Wildman–Crippen MR) is 52.7 cm³/mol. The number of halogens is 1. The SMILES string of the molecule is CC=C(C)C(=O)OCC(O)CN.Cl. The molecular formula is C8H16ClNO3. The number of aliphatic hydroxyl groups is 1. The molecule has 0 aromatic rings. The van der Waals surface area contributed by atoms with E-state index < -0.39 is 12.1 Å². The summed E-state index contributed by atoms with van der Waals surface area (Å²) in [6.07, 6.45) is 0.885. The molecule has 1 unspecified atom stereocenters. The lowest BCUT2D eigenvalue weighted by molar-refractivity contribution is -0.141. The molecule has 0 radical (unpaired) electrons. The second-order valence-corrected chi connectivity index (χ2v) is 2.46. The van der Waals surface area contributed by atoms with Gasteiger partial charge in [0.05, 0.1) is 0 Å². The third-order valence-corrected chi connectivity index (χ3v) is 1.43. The van der Waals surface area contributed by atoms with Crippen molar-refractivity contribution in [3.05, 3.63) is 11.6 Å². The average molecular weight is 210 g/mol. The van der Waals surface area contributed by atoms with Crippen LogP contribution in [0.25, 0.3) is 0 Å². The fourth-order valence-corrected chi connectivity index (χ4v) is 0.472. The Morgan fingerprint density at radius 1 is 1.69 bits per heavy atom.